The number of hydrogen-bond acceptors (Lipinski definition) is 4. The van der Waals surface area contributed by atoms with E-state index in [4.69, 9.17) is 4.42 Å². The molecule has 0 amide bonds. The molecule has 1 N–H and O–H groups in total. The second kappa shape index (κ2) is 5.36. The maximum absolute atomic E-state index is 5.65. The van der Waals surface area contributed by atoms with Crippen molar-refractivity contribution in [1.82, 2.24) is 15.5 Å². The van der Waals surface area contributed by atoms with Crippen molar-refractivity contribution in [2.45, 2.75) is 25.3 Å². The number of benzene rings is 1. The zero-order valence-electron chi connectivity index (χ0n) is 9.90. The third-order valence-electron chi connectivity index (χ3n) is 2.91. The molecule has 1 aromatic carbocycles. The van der Waals surface area contributed by atoms with Gasteiger partial charge in [-0.2, -0.15) is 0 Å². The Bertz CT molecular complexity index is 519. The summed E-state index contributed by atoms with van der Waals surface area (Å²) in [6.45, 7) is 0.916. The first-order chi connectivity index (χ1) is 8.81. The summed E-state index contributed by atoms with van der Waals surface area (Å²) in [6, 6.07) is 8.80. The van der Waals surface area contributed by atoms with Gasteiger partial charge in [0, 0.05) is 28.1 Å². The van der Waals surface area contributed by atoms with Gasteiger partial charge in [0.15, 0.2) is 0 Å². The van der Waals surface area contributed by atoms with Crippen LogP contribution in [0.4, 0.5) is 0 Å². The molecule has 1 saturated carbocycles. The highest BCUT2D eigenvalue weighted by molar-refractivity contribution is 14.1. The van der Waals surface area contributed by atoms with Crippen molar-refractivity contribution >= 4 is 22.6 Å². The molecule has 3 rings (SSSR count). The Hall–Kier alpha value is -0.950. The lowest BCUT2D eigenvalue weighted by Crippen LogP contribution is -2.19. The summed E-state index contributed by atoms with van der Waals surface area (Å²) < 4.78 is 6.85. The summed E-state index contributed by atoms with van der Waals surface area (Å²) in [5.74, 6) is 1.31. The van der Waals surface area contributed by atoms with Gasteiger partial charge in [-0.15, -0.1) is 10.2 Å². The van der Waals surface area contributed by atoms with E-state index < -0.39 is 0 Å². The van der Waals surface area contributed by atoms with Crippen LogP contribution in [0.1, 0.15) is 18.7 Å². The second-order valence-electron chi connectivity index (χ2n) is 4.49. The molecule has 1 aromatic heterocycles. The normalized spacial score (nSPS) is 14.9. The molecule has 1 aliphatic carbocycles. The first-order valence-electron chi connectivity index (χ1n) is 6.13. The third-order valence-corrected chi connectivity index (χ3v) is 3.63. The predicted octanol–water partition coefficient (Wildman–Crippen LogP) is 2.64. The SMILES string of the molecule is Ic1ccc(-c2nnc(CCNC3CC3)o2)cc1. The lowest BCUT2D eigenvalue weighted by atomic mass is 10.2. The van der Waals surface area contributed by atoms with Crippen LogP contribution < -0.4 is 5.32 Å². The van der Waals surface area contributed by atoms with Gasteiger partial charge < -0.3 is 9.73 Å². The van der Waals surface area contributed by atoms with Crippen molar-refractivity contribution in [3.05, 3.63) is 33.7 Å². The van der Waals surface area contributed by atoms with E-state index in [2.05, 4.69) is 38.1 Å². The van der Waals surface area contributed by atoms with Gasteiger partial charge in [0.05, 0.1) is 0 Å². The van der Waals surface area contributed by atoms with Gasteiger partial charge in [-0.3, -0.25) is 0 Å². The van der Waals surface area contributed by atoms with Crippen LogP contribution in [0.15, 0.2) is 28.7 Å². The number of aromatic nitrogens is 2. The van der Waals surface area contributed by atoms with Crippen molar-refractivity contribution in [3.8, 4) is 11.5 Å². The van der Waals surface area contributed by atoms with Gasteiger partial charge in [-0.25, -0.2) is 0 Å². The van der Waals surface area contributed by atoms with Gasteiger partial charge in [0.25, 0.3) is 0 Å². The second-order valence-corrected chi connectivity index (χ2v) is 5.73. The standard InChI is InChI=1S/C13H14IN3O/c14-10-3-1-9(2-4-10)13-17-16-12(18-13)7-8-15-11-5-6-11/h1-4,11,15H,5-8H2. The molecule has 0 saturated heterocycles. The van der Waals surface area contributed by atoms with E-state index in [0.717, 1.165) is 24.6 Å². The van der Waals surface area contributed by atoms with Crippen molar-refractivity contribution in [2.24, 2.45) is 0 Å². The molecule has 0 aliphatic heterocycles. The van der Waals surface area contributed by atoms with Crippen molar-refractivity contribution in [1.29, 1.82) is 0 Å². The van der Waals surface area contributed by atoms with Crippen molar-refractivity contribution in [3.63, 3.8) is 0 Å². The maximum atomic E-state index is 5.65. The summed E-state index contributed by atoms with van der Waals surface area (Å²) in [5.41, 5.74) is 0.976. The van der Waals surface area contributed by atoms with E-state index >= 15 is 0 Å². The molecule has 1 aliphatic rings. The fraction of sp³-hybridized carbons (Fsp3) is 0.385. The van der Waals surface area contributed by atoms with E-state index in [1.807, 2.05) is 24.3 Å². The number of rotatable bonds is 5. The minimum atomic E-state index is 0.604. The quantitative estimate of drug-likeness (QED) is 0.838. The van der Waals surface area contributed by atoms with Crippen LogP contribution in [-0.4, -0.2) is 22.8 Å². The summed E-state index contributed by atoms with van der Waals surface area (Å²) in [7, 11) is 0. The molecule has 5 heteroatoms. The monoisotopic (exact) mass is 355 g/mol. The molecule has 1 heterocycles. The largest absolute Gasteiger partial charge is 0.421 e. The van der Waals surface area contributed by atoms with Gasteiger partial charge in [0.1, 0.15) is 0 Å². The molecule has 18 heavy (non-hydrogen) atoms. The Morgan fingerprint density at radius 2 is 2.00 bits per heavy atom. The number of nitrogens with one attached hydrogen (secondary N) is 1. The molecular formula is C13H14IN3O. The summed E-state index contributed by atoms with van der Waals surface area (Å²) >= 11 is 2.28. The first-order valence-corrected chi connectivity index (χ1v) is 7.21. The fourth-order valence-corrected chi connectivity index (χ4v) is 2.09. The fourth-order valence-electron chi connectivity index (χ4n) is 1.73. The summed E-state index contributed by atoms with van der Waals surface area (Å²) in [4.78, 5) is 0. The van der Waals surface area contributed by atoms with Gasteiger partial charge >= 0.3 is 0 Å². The minimum absolute atomic E-state index is 0.604. The summed E-state index contributed by atoms with van der Waals surface area (Å²) in [5, 5.41) is 11.6. The van der Waals surface area contributed by atoms with E-state index in [0.29, 0.717) is 11.8 Å². The van der Waals surface area contributed by atoms with E-state index in [1.165, 1.54) is 16.4 Å². The Morgan fingerprint density at radius 3 is 2.72 bits per heavy atom. The van der Waals surface area contributed by atoms with E-state index in [9.17, 15) is 0 Å². The van der Waals surface area contributed by atoms with Crippen molar-refractivity contribution < 1.29 is 4.42 Å². The Balaban J connectivity index is 1.62. The molecular weight excluding hydrogens is 341 g/mol. The van der Waals surface area contributed by atoms with Crippen LogP contribution in [0.3, 0.4) is 0 Å². The highest BCUT2D eigenvalue weighted by Gasteiger charge is 2.20. The van der Waals surface area contributed by atoms with Crippen LogP contribution in [-0.2, 0) is 6.42 Å². The van der Waals surface area contributed by atoms with E-state index in [-0.39, 0.29) is 0 Å². The maximum Gasteiger partial charge on any atom is 0.247 e. The van der Waals surface area contributed by atoms with Crippen molar-refractivity contribution in [2.75, 3.05) is 6.54 Å². The number of halogens is 1. The topological polar surface area (TPSA) is 51.0 Å². The first kappa shape index (κ1) is 12.1. The zero-order valence-corrected chi connectivity index (χ0v) is 12.1. The predicted molar refractivity (Wildman–Crippen MR) is 77.2 cm³/mol. The van der Waals surface area contributed by atoms with Gasteiger partial charge in [-0.1, -0.05) is 0 Å². The van der Waals surface area contributed by atoms with Crippen LogP contribution in [0, 0.1) is 3.57 Å². The molecule has 4 nitrogen and oxygen atoms in total. The molecule has 0 spiro atoms. The molecule has 94 valence electrons. The van der Waals surface area contributed by atoms with Crippen LogP contribution in [0.5, 0.6) is 0 Å². The number of nitrogens with zero attached hydrogens (tertiary/aromatic N) is 2. The Labute approximate surface area is 119 Å². The molecule has 0 bridgehead atoms. The number of hydrogen-bond donors (Lipinski definition) is 1. The third kappa shape index (κ3) is 3.08. The van der Waals surface area contributed by atoms with Gasteiger partial charge in [0.2, 0.25) is 11.8 Å². The smallest absolute Gasteiger partial charge is 0.247 e. The van der Waals surface area contributed by atoms with E-state index in [1.54, 1.807) is 0 Å². The Kier molecular flexibility index (Phi) is 3.60. The van der Waals surface area contributed by atoms with Gasteiger partial charge in [-0.05, 0) is 59.7 Å². The lowest BCUT2D eigenvalue weighted by Gasteiger charge is -1.98. The van der Waals surface area contributed by atoms with Crippen LogP contribution >= 0.6 is 22.6 Å². The molecule has 1 fully saturated rings. The zero-order chi connectivity index (χ0) is 12.4. The molecule has 0 atom stereocenters. The average molecular weight is 355 g/mol. The van der Waals surface area contributed by atoms with Crippen LogP contribution in [0.25, 0.3) is 11.5 Å². The molecule has 0 unspecified atom stereocenters. The highest BCUT2D eigenvalue weighted by atomic mass is 127. The Morgan fingerprint density at radius 1 is 1.22 bits per heavy atom. The molecule has 2 aromatic rings. The molecule has 0 radical (unpaired) electrons. The summed E-state index contributed by atoms with van der Waals surface area (Å²) in [6.07, 6.45) is 3.41. The lowest BCUT2D eigenvalue weighted by molar-refractivity contribution is 0.494. The highest BCUT2D eigenvalue weighted by Crippen LogP contribution is 2.20. The minimum Gasteiger partial charge on any atom is -0.421 e. The average Bonchev–Trinajstić information content (AvgIpc) is 3.08. The van der Waals surface area contributed by atoms with Crippen LogP contribution in [0.2, 0.25) is 0 Å².